The summed E-state index contributed by atoms with van der Waals surface area (Å²) in [6.45, 7) is 4.97. The molecule has 156 valence electrons. The zero-order valence-electron chi connectivity index (χ0n) is 16.3. The highest BCUT2D eigenvalue weighted by atomic mass is 19.4. The van der Waals surface area contributed by atoms with E-state index in [1.807, 2.05) is 6.07 Å². The molecule has 0 aliphatic carbocycles. The van der Waals surface area contributed by atoms with Gasteiger partial charge in [-0.2, -0.15) is 13.2 Å². The van der Waals surface area contributed by atoms with Crippen molar-refractivity contribution in [1.82, 2.24) is 9.80 Å². The third-order valence-corrected chi connectivity index (χ3v) is 5.33. The number of benzene rings is 2. The Morgan fingerprint density at radius 3 is 2.28 bits per heavy atom. The molecule has 2 heterocycles. The largest absolute Gasteiger partial charge is 0.493 e. The molecule has 1 fully saturated rings. The fourth-order valence-corrected chi connectivity index (χ4v) is 3.86. The minimum absolute atomic E-state index is 0.263. The van der Waals surface area contributed by atoms with E-state index in [1.165, 1.54) is 11.1 Å². The van der Waals surface area contributed by atoms with Gasteiger partial charge in [0.25, 0.3) is 0 Å². The molecule has 0 N–H and O–H groups in total. The van der Waals surface area contributed by atoms with Gasteiger partial charge in [0.1, 0.15) is 11.5 Å². The fourth-order valence-electron chi connectivity index (χ4n) is 3.86. The molecule has 2 aromatic rings. The van der Waals surface area contributed by atoms with Crippen molar-refractivity contribution in [1.29, 1.82) is 0 Å². The molecular weight excluding hydrogens is 381 g/mol. The Labute approximate surface area is 168 Å². The Balaban J connectivity index is 1.26. The van der Waals surface area contributed by atoms with E-state index in [-0.39, 0.29) is 5.75 Å². The topological polar surface area (TPSA) is 24.9 Å². The van der Waals surface area contributed by atoms with Gasteiger partial charge in [-0.05, 0) is 34.9 Å². The van der Waals surface area contributed by atoms with Gasteiger partial charge in [0.2, 0.25) is 0 Å². The van der Waals surface area contributed by atoms with E-state index in [0.29, 0.717) is 6.54 Å². The second-order valence-corrected chi connectivity index (χ2v) is 7.64. The molecule has 2 aromatic carbocycles. The summed E-state index contributed by atoms with van der Waals surface area (Å²) in [6, 6.07) is 13.4. The van der Waals surface area contributed by atoms with Crippen LogP contribution in [0.15, 0.2) is 42.5 Å². The van der Waals surface area contributed by atoms with E-state index in [4.69, 9.17) is 9.47 Å². The third kappa shape index (κ3) is 5.64. The Hall–Kier alpha value is -2.25. The van der Waals surface area contributed by atoms with Crippen molar-refractivity contribution in [2.24, 2.45) is 0 Å². The lowest BCUT2D eigenvalue weighted by atomic mass is 10.1. The second kappa shape index (κ2) is 8.63. The zero-order chi connectivity index (χ0) is 20.3. The monoisotopic (exact) mass is 406 g/mol. The molecule has 4 nitrogen and oxygen atoms in total. The van der Waals surface area contributed by atoms with Gasteiger partial charge in [-0.15, -0.1) is 0 Å². The third-order valence-electron chi connectivity index (χ3n) is 5.33. The maximum atomic E-state index is 12.3. The normalized spacial score (nSPS) is 17.8. The van der Waals surface area contributed by atoms with Gasteiger partial charge in [-0.1, -0.05) is 24.3 Å². The van der Waals surface area contributed by atoms with Crippen molar-refractivity contribution in [3.63, 3.8) is 0 Å². The molecule has 0 radical (unpaired) electrons. The first-order chi connectivity index (χ1) is 13.9. The number of fused-ring (bicyclic) bond motifs is 1. The predicted octanol–water partition coefficient (Wildman–Crippen LogP) is 3.88. The van der Waals surface area contributed by atoms with Crippen molar-refractivity contribution < 1.29 is 22.6 Å². The SMILES string of the molecule is FC(F)(F)COc1cccc(CN2CCN(Cc3ccc4c(c3)CCO4)CC2)c1. The van der Waals surface area contributed by atoms with E-state index < -0.39 is 12.8 Å². The van der Waals surface area contributed by atoms with Crippen LogP contribution < -0.4 is 9.47 Å². The Morgan fingerprint density at radius 1 is 0.897 bits per heavy atom. The summed E-state index contributed by atoms with van der Waals surface area (Å²) < 4.78 is 47.4. The first kappa shape index (κ1) is 20.0. The molecule has 0 unspecified atom stereocenters. The molecule has 2 aliphatic heterocycles. The number of nitrogens with zero attached hydrogens (tertiary/aromatic N) is 2. The molecule has 4 rings (SSSR count). The van der Waals surface area contributed by atoms with Crippen LogP contribution in [-0.4, -0.2) is 55.4 Å². The maximum absolute atomic E-state index is 12.3. The highest BCUT2D eigenvalue weighted by Gasteiger charge is 2.28. The molecule has 0 aromatic heterocycles. The zero-order valence-corrected chi connectivity index (χ0v) is 16.3. The van der Waals surface area contributed by atoms with Crippen LogP contribution in [0.3, 0.4) is 0 Å². The van der Waals surface area contributed by atoms with Crippen LogP contribution in [0, 0.1) is 0 Å². The van der Waals surface area contributed by atoms with Gasteiger partial charge in [0.15, 0.2) is 6.61 Å². The average Bonchev–Trinajstić information content (AvgIpc) is 3.16. The lowest BCUT2D eigenvalue weighted by Gasteiger charge is -2.34. The average molecular weight is 406 g/mol. The molecule has 0 bridgehead atoms. The first-order valence-corrected chi connectivity index (χ1v) is 9.92. The molecule has 7 heteroatoms. The van der Waals surface area contributed by atoms with E-state index in [0.717, 1.165) is 57.1 Å². The molecular formula is C22H25F3N2O2. The number of hydrogen-bond acceptors (Lipinski definition) is 4. The van der Waals surface area contributed by atoms with Crippen LogP contribution in [0.1, 0.15) is 16.7 Å². The van der Waals surface area contributed by atoms with Crippen LogP contribution in [-0.2, 0) is 19.5 Å². The smallest absolute Gasteiger partial charge is 0.422 e. The summed E-state index contributed by atoms with van der Waals surface area (Å²) >= 11 is 0. The van der Waals surface area contributed by atoms with Crippen molar-refractivity contribution in [2.75, 3.05) is 39.4 Å². The van der Waals surface area contributed by atoms with E-state index in [2.05, 4.69) is 28.0 Å². The number of rotatable bonds is 6. The molecule has 0 atom stereocenters. The summed E-state index contributed by atoms with van der Waals surface area (Å²) in [5, 5.41) is 0. The van der Waals surface area contributed by atoms with Gasteiger partial charge < -0.3 is 9.47 Å². The number of hydrogen-bond donors (Lipinski definition) is 0. The van der Waals surface area contributed by atoms with E-state index in [9.17, 15) is 13.2 Å². The van der Waals surface area contributed by atoms with Crippen molar-refractivity contribution in [3.8, 4) is 11.5 Å². The Bertz CT molecular complexity index is 833. The summed E-state index contributed by atoms with van der Waals surface area (Å²) in [5.41, 5.74) is 3.59. The fraction of sp³-hybridized carbons (Fsp3) is 0.455. The first-order valence-electron chi connectivity index (χ1n) is 9.92. The molecule has 0 spiro atoms. The lowest BCUT2D eigenvalue weighted by Crippen LogP contribution is -2.45. The van der Waals surface area contributed by atoms with E-state index >= 15 is 0 Å². The van der Waals surface area contributed by atoms with Crippen LogP contribution in [0.25, 0.3) is 0 Å². The highest BCUT2D eigenvalue weighted by molar-refractivity contribution is 5.39. The van der Waals surface area contributed by atoms with Crippen LogP contribution in [0.4, 0.5) is 13.2 Å². The van der Waals surface area contributed by atoms with Gasteiger partial charge in [0.05, 0.1) is 6.61 Å². The van der Waals surface area contributed by atoms with Crippen molar-refractivity contribution in [3.05, 3.63) is 59.2 Å². The molecule has 0 amide bonds. The molecule has 29 heavy (non-hydrogen) atoms. The van der Waals surface area contributed by atoms with Gasteiger partial charge in [0, 0.05) is 45.7 Å². The van der Waals surface area contributed by atoms with E-state index in [1.54, 1.807) is 18.2 Å². The second-order valence-electron chi connectivity index (χ2n) is 7.64. The quantitative estimate of drug-likeness (QED) is 0.727. The Kier molecular flexibility index (Phi) is 5.96. The minimum Gasteiger partial charge on any atom is -0.493 e. The van der Waals surface area contributed by atoms with Gasteiger partial charge in [-0.25, -0.2) is 0 Å². The maximum Gasteiger partial charge on any atom is 0.422 e. The molecule has 1 saturated heterocycles. The number of alkyl halides is 3. The standard InChI is InChI=1S/C22H25F3N2O2/c23-22(24,25)16-29-20-3-1-2-17(13-20)14-26-7-9-27(10-8-26)15-18-4-5-21-19(12-18)6-11-28-21/h1-5,12-13H,6-11,14-16H2. The molecule has 2 aliphatic rings. The van der Waals surface area contributed by atoms with Gasteiger partial charge >= 0.3 is 6.18 Å². The van der Waals surface area contributed by atoms with Gasteiger partial charge in [-0.3, -0.25) is 9.80 Å². The van der Waals surface area contributed by atoms with Crippen LogP contribution >= 0.6 is 0 Å². The lowest BCUT2D eigenvalue weighted by molar-refractivity contribution is -0.153. The molecule has 0 saturated carbocycles. The summed E-state index contributed by atoms with van der Waals surface area (Å²) in [4.78, 5) is 4.77. The predicted molar refractivity (Wildman–Crippen MR) is 104 cm³/mol. The minimum atomic E-state index is -4.32. The number of halogens is 3. The summed E-state index contributed by atoms with van der Waals surface area (Å²) in [7, 11) is 0. The van der Waals surface area contributed by atoms with Crippen LogP contribution in [0.5, 0.6) is 11.5 Å². The summed E-state index contributed by atoms with van der Waals surface area (Å²) in [5.74, 6) is 1.28. The Morgan fingerprint density at radius 2 is 1.59 bits per heavy atom. The van der Waals surface area contributed by atoms with Crippen molar-refractivity contribution >= 4 is 0 Å². The number of ether oxygens (including phenoxy) is 2. The van der Waals surface area contributed by atoms with Crippen molar-refractivity contribution in [2.45, 2.75) is 25.7 Å². The summed E-state index contributed by atoms with van der Waals surface area (Å²) in [6.07, 6.45) is -3.33. The van der Waals surface area contributed by atoms with Crippen LogP contribution in [0.2, 0.25) is 0 Å². The highest BCUT2D eigenvalue weighted by Crippen LogP contribution is 2.26. The number of piperazine rings is 1.